The summed E-state index contributed by atoms with van der Waals surface area (Å²) in [6.45, 7) is 0. The number of aliphatic hydroxyl groups excluding tert-OH is 2. The van der Waals surface area contributed by atoms with Gasteiger partial charge in [0.1, 0.15) is 0 Å². The van der Waals surface area contributed by atoms with Crippen molar-refractivity contribution in [1.29, 1.82) is 0 Å². The normalized spacial score (nSPS) is 35.5. The molecule has 2 N–H and O–H groups in total. The van der Waals surface area contributed by atoms with Crippen molar-refractivity contribution < 1.29 is 19.8 Å². The van der Waals surface area contributed by atoms with Gasteiger partial charge < -0.3 is 10.2 Å². The summed E-state index contributed by atoms with van der Waals surface area (Å²) in [6.07, 6.45) is 3.78. The Balaban J connectivity index is 2.26. The van der Waals surface area contributed by atoms with Gasteiger partial charge in [-0.05, 0) is 25.7 Å². The zero-order chi connectivity index (χ0) is 11.7. The number of carbonyl (C=O) groups excluding carboxylic acids is 2. The zero-order valence-corrected chi connectivity index (χ0v) is 8.85. The summed E-state index contributed by atoms with van der Waals surface area (Å²) in [4.78, 5) is 23.7. The fourth-order valence-electron chi connectivity index (χ4n) is 2.63. The highest BCUT2D eigenvalue weighted by Crippen LogP contribution is 2.40. The predicted molar refractivity (Wildman–Crippen MR) is 56.9 cm³/mol. The first-order chi connectivity index (χ1) is 7.69. The van der Waals surface area contributed by atoms with Crippen LogP contribution >= 0.6 is 0 Å². The molecule has 16 heavy (non-hydrogen) atoms. The fourth-order valence-corrected chi connectivity index (χ4v) is 2.63. The predicted octanol–water partition coefficient (Wildman–Crippen LogP) is 1.83. The molecule has 0 aromatic rings. The summed E-state index contributed by atoms with van der Waals surface area (Å²) in [5, 5.41) is 17.8. The van der Waals surface area contributed by atoms with Crippen LogP contribution < -0.4 is 0 Å². The summed E-state index contributed by atoms with van der Waals surface area (Å²) in [6, 6.07) is 0. The number of hydrogen-bond acceptors (Lipinski definition) is 4. The number of hydrogen-bond donors (Lipinski definition) is 2. The van der Waals surface area contributed by atoms with Gasteiger partial charge in [-0.15, -0.1) is 0 Å². The van der Waals surface area contributed by atoms with Crippen LogP contribution in [0.15, 0.2) is 23.7 Å². The van der Waals surface area contributed by atoms with Gasteiger partial charge in [-0.3, -0.25) is 9.59 Å². The van der Waals surface area contributed by atoms with E-state index in [1.165, 1.54) is 0 Å². The highest BCUT2D eigenvalue weighted by molar-refractivity contribution is 6.06. The molecule has 4 heteroatoms. The van der Waals surface area contributed by atoms with E-state index in [-0.39, 0.29) is 23.4 Å². The summed E-state index contributed by atoms with van der Waals surface area (Å²) in [5.41, 5.74) is 0.843. The van der Waals surface area contributed by atoms with E-state index in [4.69, 9.17) is 10.2 Å². The van der Waals surface area contributed by atoms with Gasteiger partial charge in [0, 0.05) is 23.0 Å². The van der Waals surface area contributed by atoms with Gasteiger partial charge in [-0.25, -0.2) is 0 Å². The van der Waals surface area contributed by atoms with Crippen LogP contribution in [0.1, 0.15) is 25.7 Å². The molecule has 0 amide bonds. The second kappa shape index (κ2) is 4.12. The maximum Gasteiger partial charge on any atom is 0.165 e. The number of carbonyl (C=O) groups is 2. The van der Waals surface area contributed by atoms with Gasteiger partial charge in [-0.2, -0.15) is 0 Å². The minimum Gasteiger partial charge on any atom is -0.515 e. The molecule has 2 saturated carbocycles. The number of rotatable bonds is 0. The first kappa shape index (κ1) is 10.9. The molecule has 0 unspecified atom stereocenters. The first-order valence-corrected chi connectivity index (χ1v) is 5.44. The van der Waals surface area contributed by atoms with Crippen LogP contribution in [-0.4, -0.2) is 21.8 Å². The molecule has 2 atom stereocenters. The Hall–Kier alpha value is -1.58. The third kappa shape index (κ3) is 1.54. The maximum atomic E-state index is 11.9. The van der Waals surface area contributed by atoms with Gasteiger partial charge in [0.25, 0.3) is 0 Å². The quantitative estimate of drug-likeness (QED) is 0.484. The fraction of sp³-hybridized carbons (Fsp3) is 0.500. The molecule has 0 aromatic heterocycles. The van der Waals surface area contributed by atoms with Crippen molar-refractivity contribution in [2.45, 2.75) is 25.7 Å². The van der Waals surface area contributed by atoms with Crippen molar-refractivity contribution in [1.82, 2.24) is 0 Å². The molecule has 2 aliphatic rings. The molecular weight excluding hydrogens is 208 g/mol. The SMILES string of the molecule is O=C1/C(=C/O)CC[C@H]2C(=O)/C(=C/O)CC[C@H]12. The largest absolute Gasteiger partial charge is 0.515 e. The van der Waals surface area contributed by atoms with E-state index in [1.807, 2.05) is 0 Å². The highest BCUT2D eigenvalue weighted by Gasteiger charge is 2.42. The Morgan fingerprint density at radius 1 is 0.875 bits per heavy atom. The Morgan fingerprint density at radius 3 is 1.56 bits per heavy atom. The van der Waals surface area contributed by atoms with E-state index < -0.39 is 0 Å². The van der Waals surface area contributed by atoms with Gasteiger partial charge in [0.15, 0.2) is 11.6 Å². The Bertz CT molecular complexity index is 354. The molecule has 0 heterocycles. The topological polar surface area (TPSA) is 74.6 Å². The maximum absolute atomic E-state index is 11.9. The van der Waals surface area contributed by atoms with Gasteiger partial charge in [0.2, 0.25) is 0 Å². The smallest absolute Gasteiger partial charge is 0.165 e. The molecule has 2 fully saturated rings. The van der Waals surface area contributed by atoms with Gasteiger partial charge >= 0.3 is 0 Å². The van der Waals surface area contributed by atoms with Crippen molar-refractivity contribution in [2.24, 2.45) is 11.8 Å². The number of fused-ring (bicyclic) bond motifs is 1. The van der Waals surface area contributed by atoms with Crippen molar-refractivity contribution >= 4 is 11.6 Å². The molecule has 0 saturated heterocycles. The second-order valence-corrected chi connectivity index (χ2v) is 4.33. The molecule has 0 aromatic carbocycles. The molecule has 2 rings (SSSR count). The van der Waals surface area contributed by atoms with Crippen LogP contribution in [0.5, 0.6) is 0 Å². The van der Waals surface area contributed by atoms with Crippen LogP contribution in [0.25, 0.3) is 0 Å². The van der Waals surface area contributed by atoms with E-state index in [1.54, 1.807) is 0 Å². The van der Waals surface area contributed by atoms with E-state index in [2.05, 4.69) is 0 Å². The summed E-state index contributed by atoms with van der Waals surface area (Å²) in [7, 11) is 0. The highest BCUT2D eigenvalue weighted by atomic mass is 16.2. The lowest BCUT2D eigenvalue weighted by Crippen LogP contribution is -2.39. The molecular formula is C12H14O4. The lowest BCUT2D eigenvalue weighted by molar-refractivity contribution is -0.132. The molecule has 0 bridgehead atoms. The average Bonchev–Trinajstić information content (AvgIpc) is 2.31. The molecule has 4 nitrogen and oxygen atoms in total. The third-order valence-corrected chi connectivity index (χ3v) is 3.55. The van der Waals surface area contributed by atoms with Crippen molar-refractivity contribution in [3.8, 4) is 0 Å². The number of allylic oxidation sites excluding steroid dienone is 2. The molecule has 0 spiro atoms. The van der Waals surface area contributed by atoms with E-state index in [0.717, 1.165) is 12.5 Å². The van der Waals surface area contributed by atoms with Crippen molar-refractivity contribution in [3.63, 3.8) is 0 Å². The zero-order valence-electron chi connectivity index (χ0n) is 8.85. The van der Waals surface area contributed by atoms with Gasteiger partial charge in [-0.1, -0.05) is 0 Å². The Labute approximate surface area is 93.3 Å². The molecule has 86 valence electrons. The summed E-state index contributed by atoms with van der Waals surface area (Å²) >= 11 is 0. The van der Waals surface area contributed by atoms with Crippen LogP contribution in [0, 0.1) is 11.8 Å². The van der Waals surface area contributed by atoms with Crippen molar-refractivity contribution in [2.75, 3.05) is 0 Å². The van der Waals surface area contributed by atoms with Crippen LogP contribution in [0.2, 0.25) is 0 Å². The standard InChI is InChI=1S/C12H14O4/c13-5-7-1-3-9-10(11(7)15)4-2-8(6-14)12(9)16/h5-6,9-10,13-14H,1-4H2/b7-5+,8-6+/t9-,10+. The third-order valence-electron chi connectivity index (χ3n) is 3.55. The van der Waals surface area contributed by atoms with Gasteiger partial charge in [0.05, 0.1) is 12.5 Å². The minimum absolute atomic E-state index is 0.107. The van der Waals surface area contributed by atoms with Crippen LogP contribution in [0.3, 0.4) is 0 Å². The summed E-state index contributed by atoms with van der Waals surface area (Å²) in [5.74, 6) is -0.820. The molecule has 2 aliphatic carbocycles. The lowest BCUT2D eigenvalue weighted by atomic mass is 9.67. The lowest BCUT2D eigenvalue weighted by Gasteiger charge is -2.34. The number of Topliss-reactive ketones (excluding diaryl/α,β-unsaturated/α-hetero) is 2. The number of aliphatic hydroxyl groups is 2. The molecule has 0 radical (unpaired) electrons. The Kier molecular flexibility index (Phi) is 2.81. The van der Waals surface area contributed by atoms with E-state index in [9.17, 15) is 9.59 Å². The monoisotopic (exact) mass is 222 g/mol. The van der Waals surface area contributed by atoms with Crippen LogP contribution in [0.4, 0.5) is 0 Å². The summed E-state index contributed by atoms with van der Waals surface area (Å²) < 4.78 is 0. The number of ketones is 2. The average molecular weight is 222 g/mol. The molecule has 0 aliphatic heterocycles. The first-order valence-electron chi connectivity index (χ1n) is 5.44. The van der Waals surface area contributed by atoms with Crippen LogP contribution in [-0.2, 0) is 9.59 Å². The second-order valence-electron chi connectivity index (χ2n) is 4.33. The van der Waals surface area contributed by atoms with E-state index in [0.29, 0.717) is 36.8 Å². The Morgan fingerprint density at radius 2 is 1.25 bits per heavy atom. The van der Waals surface area contributed by atoms with E-state index >= 15 is 0 Å². The minimum atomic E-state index is -0.302. The van der Waals surface area contributed by atoms with Crippen molar-refractivity contribution in [3.05, 3.63) is 23.7 Å².